The third-order valence-electron chi connectivity index (χ3n) is 4.22. The highest BCUT2D eigenvalue weighted by molar-refractivity contribution is 14.1. The first kappa shape index (κ1) is 20.7. The molecule has 2 aromatic heterocycles. The quantitative estimate of drug-likeness (QED) is 0.474. The van der Waals surface area contributed by atoms with E-state index >= 15 is 0 Å². The normalized spacial score (nSPS) is 11.8. The molecule has 0 atom stereocenters. The van der Waals surface area contributed by atoms with Gasteiger partial charge in [0.25, 0.3) is 0 Å². The Morgan fingerprint density at radius 3 is 2.43 bits per heavy atom. The predicted molar refractivity (Wildman–Crippen MR) is 115 cm³/mol. The molecule has 4 nitrogen and oxygen atoms in total. The lowest BCUT2D eigenvalue weighted by Crippen LogP contribution is -2.20. The zero-order valence-corrected chi connectivity index (χ0v) is 18.4. The van der Waals surface area contributed by atoms with Crippen molar-refractivity contribution in [1.82, 2.24) is 9.55 Å². The van der Waals surface area contributed by atoms with E-state index in [9.17, 15) is 13.6 Å². The number of carbonyl (C=O) groups is 1. The first-order valence-electron chi connectivity index (χ1n) is 8.93. The van der Waals surface area contributed by atoms with Crippen LogP contribution in [0.5, 0.6) is 0 Å². The van der Waals surface area contributed by atoms with Crippen LogP contribution in [0.3, 0.4) is 0 Å². The number of benzene rings is 1. The predicted octanol–water partition coefficient (Wildman–Crippen LogP) is 5.65. The van der Waals surface area contributed by atoms with Gasteiger partial charge in [-0.15, -0.1) is 0 Å². The second kappa shape index (κ2) is 7.77. The topological polar surface area (TPSA) is 46.9 Å². The summed E-state index contributed by atoms with van der Waals surface area (Å²) in [5.41, 5.74) is 2.84. The third kappa shape index (κ3) is 4.87. The molecule has 0 aliphatic heterocycles. The van der Waals surface area contributed by atoms with Gasteiger partial charge < -0.3 is 9.88 Å². The van der Waals surface area contributed by atoms with Crippen molar-refractivity contribution >= 4 is 45.3 Å². The molecule has 28 heavy (non-hydrogen) atoms. The molecule has 2 heterocycles. The fraction of sp³-hybridized carbons (Fsp3) is 0.333. The molecule has 0 saturated carbocycles. The zero-order valence-electron chi connectivity index (χ0n) is 16.2. The number of aryl methyl sites for hydroxylation is 1. The molecule has 1 amide bonds. The van der Waals surface area contributed by atoms with Gasteiger partial charge in [-0.1, -0.05) is 20.8 Å². The van der Waals surface area contributed by atoms with E-state index in [-0.39, 0.29) is 11.3 Å². The highest BCUT2D eigenvalue weighted by Crippen LogP contribution is 2.27. The summed E-state index contributed by atoms with van der Waals surface area (Å²) < 4.78 is 29.8. The molecule has 0 radical (unpaired) electrons. The maximum absolute atomic E-state index is 13.5. The number of anilines is 1. The summed E-state index contributed by atoms with van der Waals surface area (Å²) in [6, 6.07) is 5.44. The van der Waals surface area contributed by atoms with E-state index in [0.717, 1.165) is 26.2 Å². The first-order valence-corrected chi connectivity index (χ1v) is 10.0. The monoisotopic (exact) mass is 497 g/mol. The molecule has 3 rings (SSSR count). The van der Waals surface area contributed by atoms with Crippen LogP contribution in [0, 0.1) is 27.5 Å². The summed E-state index contributed by atoms with van der Waals surface area (Å²) in [6.07, 6.45) is 2.29. The number of aromatic nitrogens is 2. The number of hydrogen-bond donors (Lipinski definition) is 1. The first-order chi connectivity index (χ1) is 13.0. The van der Waals surface area contributed by atoms with Crippen molar-refractivity contribution in [3.8, 4) is 0 Å². The highest BCUT2D eigenvalue weighted by atomic mass is 127. The third-order valence-corrected chi connectivity index (χ3v) is 5.01. The standard InChI is InChI=1S/C21H22F2IN3O/c1-12-5-17-19(26-20(12)25-18(28)9-21(2,3)4)16(24)11-27(17)10-13-6-14(22)8-15(23)7-13/h5-8,11H,9-10H2,1-4H3,(H,25,26,28). The number of amides is 1. The van der Waals surface area contributed by atoms with E-state index in [1.807, 2.05) is 44.5 Å². The number of nitrogens with zero attached hydrogens (tertiary/aromatic N) is 2. The Bertz CT molecular complexity index is 1030. The molecule has 148 valence electrons. The molecule has 0 aliphatic carbocycles. The van der Waals surface area contributed by atoms with Crippen LogP contribution in [0.15, 0.2) is 30.5 Å². The zero-order chi connectivity index (χ0) is 20.6. The number of fused-ring (bicyclic) bond motifs is 1. The lowest BCUT2D eigenvalue weighted by molar-refractivity contribution is -0.117. The SMILES string of the molecule is Cc1cc2c(nc1NC(=O)CC(C)(C)C)c(I)cn2Cc1cc(F)cc(F)c1. The van der Waals surface area contributed by atoms with Gasteiger partial charge in [0.15, 0.2) is 0 Å². The molecule has 7 heteroatoms. The van der Waals surface area contributed by atoms with Gasteiger partial charge in [0.05, 0.1) is 9.09 Å². The van der Waals surface area contributed by atoms with E-state index in [4.69, 9.17) is 0 Å². The van der Waals surface area contributed by atoms with E-state index < -0.39 is 11.6 Å². The molecule has 0 spiro atoms. The van der Waals surface area contributed by atoms with E-state index in [0.29, 0.717) is 24.3 Å². The van der Waals surface area contributed by atoms with Crippen LogP contribution in [0.2, 0.25) is 0 Å². The van der Waals surface area contributed by atoms with Crippen LogP contribution in [0.25, 0.3) is 11.0 Å². The van der Waals surface area contributed by atoms with Crippen LogP contribution >= 0.6 is 22.6 Å². The van der Waals surface area contributed by atoms with Crippen molar-refractivity contribution in [2.24, 2.45) is 5.41 Å². The highest BCUT2D eigenvalue weighted by Gasteiger charge is 2.18. The molecule has 0 unspecified atom stereocenters. The lowest BCUT2D eigenvalue weighted by atomic mass is 9.92. The Hall–Kier alpha value is -2.03. The van der Waals surface area contributed by atoms with Crippen molar-refractivity contribution in [2.75, 3.05) is 5.32 Å². The van der Waals surface area contributed by atoms with Gasteiger partial charge in [0.1, 0.15) is 23.0 Å². The van der Waals surface area contributed by atoms with Crippen molar-refractivity contribution < 1.29 is 13.6 Å². The van der Waals surface area contributed by atoms with E-state index in [2.05, 4.69) is 32.9 Å². The maximum atomic E-state index is 13.5. The summed E-state index contributed by atoms with van der Waals surface area (Å²) in [4.78, 5) is 16.9. The second-order valence-corrected chi connectivity index (χ2v) is 9.35. The molecule has 0 saturated heterocycles. The van der Waals surface area contributed by atoms with Crippen LogP contribution in [-0.4, -0.2) is 15.5 Å². The van der Waals surface area contributed by atoms with E-state index in [1.165, 1.54) is 12.1 Å². The maximum Gasteiger partial charge on any atom is 0.226 e. The van der Waals surface area contributed by atoms with Crippen LogP contribution < -0.4 is 5.32 Å². The minimum absolute atomic E-state index is 0.0767. The molecule has 3 aromatic rings. The minimum atomic E-state index is -0.598. The molecule has 0 bridgehead atoms. The van der Waals surface area contributed by atoms with Crippen LogP contribution in [-0.2, 0) is 11.3 Å². The van der Waals surface area contributed by atoms with Gasteiger partial charge in [-0.3, -0.25) is 4.79 Å². The lowest BCUT2D eigenvalue weighted by Gasteiger charge is -2.17. The summed E-state index contributed by atoms with van der Waals surface area (Å²) in [5.74, 6) is -0.736. The Morgan fingerprint density at radius 1 is 1.18 bits per heavy atom. The fourth-order valence-electron chi connectivity index (χ4n) is 3.08. The molecule has 0 aliphatic rings. The summed E-state index contributed by atoms with van der Waals surface area (Å²) in [7, 11) is 0. The average molecular weight is 497 g/mol. The van der Waals surface area contributed by atoms with Gasteiger partial charge in [-0.05, 0) is 64.3 Å². The summed E-state index contributed by atoms with van der Waals surface area (Å²) in [5, 5.41) is 2.90. The van der Waals surface area contributed by atoms with Gasteiger partial charge in [0, 0.05) is 25.2 Å². The van der Waals surface area contributed by atoms with Gasteiger partial charge >= 0.3 is 0 Å². The van der Waals surface area contributed by atoms with Crippen LogP contribution in [0.1, 0.15) is 38.3 Å². The number of rotatable bonds is 4. The van der Waals surface area contributed by atoms with Crippen LogP contribution in [0.4, 0.5) is 14.6 Å². The second-order valence-electron chi connectivity index (χ2n) is 8.19. The number of carbonyl (C=O) groups excluding carboxylic acids is 1. The largest absolute Gasteiger partial charge is 0.341 e. The number of halogens is 3. The number of nitrogens with one attached hydrogen (secondary N) is 1. The molecular formula is C21H22F2IN3O. The van der Waals surface area contributed by atoms with Crippen molar-refractivity contribution in [1.29, 1.82) is 0 Å². The van der Waals surface area contributed by atoms with Gasteiger partial charge in [-0.25, -0.2) is 13.8 Å². The molecular weight excluding hydrogens is 475 g/mol. The Morgan fingerprint density at radius 2 is 1.82 bits per heavy atom. The molecule has 0 fully saturated rings. The van der Waals surface area contributed by atoms with Crippen molar-refractivity contribution in [2.45, 2.75) is 40.7 Å². The van der Waals surface area contributed by atoms with Crippen molar-refractivity contribution in [3.63, 3.8) is 0 Å². The minimum Gasteiger partial charge on any atom is -0.341 e. The molecule has 1 aromatic carbocycles. The summed E-state index contributed by atoms with van der Waals surface area (Å²) >= 11 is 2.18. The Kier molecular flexibility index (Phi) is 5.74. The smallest absolute Gasteiger partial charge is 0.226 e. The van der Waals surface area contributed by atoms with E-state index in [1.54, 1.807) is 0 Å². The van der Waals surface area contributed by atoms with Crippen molar-refractivity contribution in [3.05, 3.63) is 56.8 Å². The number of pyridine rings is 1. The van der Waals surface area contributed by atoms with Gasteiger partial charge in [0.2, 0.25) is 5.91 Å². The van der Waals surface area contributed by atoms with Gasteiger partial charge in [-0.2, -0.15) is 0 Å². The molecule has 1 N–H and O–H groups in total. The fourth-order valence-corrected chi connectivity index (χ4v) is 3.81. The Labute approximate surface area is 176 Å². The summed E-state index contributed by atoms with van der Waals surface area (Å²) in [6.45, 7) is 8.23. The average Bonchev–Trinajstić information content (AvgIpc) is 2.80. The number of hydrogen-bond acceptors (Lipinski definition) is 2. The Balaban J connectivity index is 1.93.